The summed E-state index contributed by atoms with van der Waals surface area (Å²) in [6.45, 7) is 10.4. The minimum absolute atomic E-state index is 0.262. The van der Waals surface area contributed by atoms with Crippen LogP contribution in [0.4, 0.5) is 0 Å². The van der Waals surface area contributed by atoms with E-state index in [-0.39, 0.29) is 5.54 Å². The van der Waals surface area contributed by atoms with Gasteiger partial charge in [0, 0.05) is 17.3 Å². The Balaban J connectivity index is 1.83. The molecule has 0 bridgehead atoms. The van der Waals surface area contributed by atoms with Crippen LogP contribution in [0.2, 0.25) is 0 Å². The van der Waals surface area contributed by atoms with Gasteiger partial charge < -0.3 is 5.32 Å². The predicted octanol–water partition coefficient (Wildman–Crippen LogP) is 3.11. The van der Waals surface area contributed by atoms with Crippen molar-refractivity contribution in [3.63, 3.8) is 0 Å². The number of piperidine rings is 1. The molecule has 2 rings (SSSR count). The van der Waals surface area contributed by atoms with Gasteiger partial charge in [-0.1, -0.05) is 25.1 Å². The molecular formula is C15H29N3S. The summed E-state index contributed by atoms with van der Waals surface area (Å²) >= 11 is 1.89. The third-order valence-electron chi connectivity index (χ3n) is 4.59. The van der Waals surface area contributed by atoms with Crippen molar-refractivity contribution in [2.75, 3.05) is 25.4 Å². The molecule has 2 saturated heterocycles. The van der Waals surface area contributed by atoms with Crippen LogP contribution in [-0.2, 0) is 0 Å². The number of amidine groups is 1. The van der Waals surface area contributed by atoms with Gasteiger partial charge in [-0.25, -0.2) is 0 Å². The maximum absolute atomic E-state index is 4.83. The second kappa shape index (κ2) is 6.98. The maximum Gasteiger partial charge on any atom is 0.157 e. The molecule has 0 spiro atoms. The molecule has 0 aromatic carbocycles. The number of nitrogens with one attached hydrogen (secondary N) is 1. The number of thioether (sulfide) groups is 1. The van der Waals surface area contributed by atoms with Crippen molar-refractivity contribution in [1.82, 2.24) is 10.2 Å². The number of aliphatic imine (C=N–C) groups is 1. The third-order valence-corrected chi connectivity index (χ3v) is 5.51. The van der Waals surface area contributed by atoms with Gasteiger partial charge in [-0.2, -0.15) is 0 Å². The van der Waals surface area contributed by atoms with Crippen LogP contribution in [0.1, 0.15) is 52.9 Å². The lowest BCUT2D eigenvalue weighted by atomic mass is 9.96. The molecule has 0 amide bonds. The molecule has 0 aromatic rings. The van der Waals surface area contributed by atoms with Crippen molar-refractivity contribution in [3.05, 3.63) is 0 Å². The Kier molecular flexibility index (Phi) is 5.58. The highest BCUT2D eigenvalue weighted by atomic mass is 32.2. The topological polar surface area (TPSA) is 27.6 Å². The molecule has 19 heavy (non-hydrogen) atoms. The average molecular weight is 283 g/mol. The maximum atomic E-state index is 4.83. The Hall–Kier alpha value is -0.220. The molecule has 2 atom stereocenters. The van der Waals surface area contributed by atoms with E-state index in [0.717, 1.165) is 6.54 Å². The first-order valence-electron chi connectivity index (χ1n) is 7.82. The lowest BCUT2D eigenvalue weighted by molar-refractivity contribution is 0.178. The fourth-order valence-corrected chi connectivity index (χ4v) is 4.00. The molecule has 2 aliphatic heterocycles. The van der Waals surface area contributed by atoms with Crippen molar-refractivity contribution in [1.29, 1.82) is 0 Å². The monoisotopic (exact) mass is 283 g/mol. The number of hydrogen-bond donors (Lipinski definition) is 1. The highest BCUT2D eigenvalue weighted by Crippen LogP contribution is 2.25. The van der Waals surface area contributed by atoms with Crippen molar-refractivity contribution < 1.29 is 0 Å². The second-order valence-electron chi connectivity index (χ2n) is 6.23. The molecule has 2 fully saturated rings. The van der Waals surface area contributed by atoms with Crippen LogP contribution in [-0.4, -0.2) is 47.0 Å². The van der Waals surface area contributed by atoms with Crippen LogP contribution in [0.3, 0.4) is 0 Å². The number of hydrogen-bond acceptors (Lipinski definition) is 3. The number of likely N-dealkylation sites (tertiary alicyclic amines) is 1. The van der Waals surface area contributed by atoms with Gasteiger partial charge in [-0.15, -0.1) is 0 Å². The molecule has 2 aliphatic rings. The summed E-state index contributed by atoms with van der Waals surface area (Å²) in [5, 5.41) is 4.80. The fraction of sp³-hybridized carbons (Fsp3) is 0.933. The van der Waals surface area contributed by atoms with Gasteiger partial charge in [0.1, 0.15) is 0 Å². The van der Waals surface area contributed by atoms with Gasteiger partial charge in [0.05, 0.1) is 6.54 Å². The van der Waals surface area contributed by atoms with E-state index in [1.807, 2.05) is 11.8 Å². The van der Waals surface area contributed by atoms with Crippen molar-refractivity contribution in [3.8, 4) is 0 Å². The van der Waals surface area contributed by atoms with Crippen LogP contribution in [0.5, 0.6) is 0 Å². The Labute approximate surface area is 122 Å². The molecule has 0 radical (unpaired) electrons. The quantitative estimate of drug-likeness (QED) is 0.859. The summed E-state index contributed by atoms with van der Waals surface area (Å²) in [5.41, 5.74) is 0.262. The highest BCUT2D eigenvalue weighted by molar-refractivity contribution is 8.13. The molecule has 0 aromatic heterocycles. The SMILES string of the molecule is CCC1(C)CCSC(=NCC(C)N2CCCCC2)N1. The summed E-state index contributed by atoms with van der Waals surface area (Å²) in [5.74, 6) is 1.20. The van der Waals surface area contributed by atoms with E-state index < -0.39 is 0 Å². The van der Waals surface area contributed by atoms with E-state index >= 15 is 0 Å². The van der Waals surface area contributed by atoms with Gasteiger partial charge in [-0.05, 0) is 52.6 Å². The van der Waals surface area contributed by atoms with Crippen LogP contribution in [0, 0.1) is 0 Å². The van der Waals surface area contributed by atoms with E-state index in [9.17, 15) is 0 Å². The summed E-state index contributed by atoms with van der Waals surface area (Å²) in [6, 6.07) is 0.588. The molecule has 3 nitrogen and oxygen atoms in total. The van der Waals surface area contributed by atoms with Gasteiger partial charge in [0.15, 0.2) is 5.17 Å². The molecule has 0 saturated carbocycles. The van der Waals surface area contributed by atoms with E-state index in [1.54, 1.807) is 0 Å². The lowest BCUT2D eigenvalue weighted by Crippen LogP contribution is -2.48. The van der Waals surface area contributed by atoms with Crippen LogP contribution in [0.25, 0.3) is 0 Å². The minimum Gasteiger partial charge on any atom is -0.360 e. The zero-order valence-electron chi connectivity index (χ0n) is 12.7. The summed E-state index contributed by atoms with van der Waals surface area (Å²) < 4.78 is 0. The number of nitrogens with zero attached hydrogens (tertiary/aromatic N) is 2. The lowest BCUT2D eigenvalue weighted by Gasteiger charge is -2.36. The zero-order valence-corrected chi connectivity index (χ0v) is 13.6. The largest absolute Gasteiger partial charge is 0.360 e. The van der Waals surface area contributed by atoms with E-state index in [0.29, 0.717) is 6.04 Å². The molecule has 0 aliphatic carbocycles. The van der Waals surface area contributed by atoms with Gasteiger partial charge in [0.25, 0.3) is 0 Å². The molecule has 2 heterocycles. The highest BCUT2D eigenvalue weighted by Gasteiger charge is 2.27. The van der Waals surface area contributed by atoms with Crippen molar-refractivity contribution >= 4 is 16.9 Å². The van der Waals surface area contributed by atoms with Crippen molar-refractivity contribution in [2.45, 2.75) is 64.5 Å². The van der Waals surface area contributed by atoms with E-state index in [1.165, 1.54) is 56.1 Å². The smallest absolute Gasteiger partial charge is 0.157 e. The Bertz CT molecular complexity index is 313. The van der Waals surface area contributed by atoms with E-state index in [2.05, 4.69) is 31.0 Å². The normalized spacial score (nSPS) is 33.1. The van der Waals surface area contributed by atoms with Crippen LogP contribution in [0.15, 0.2) is 4.99 Å². The molecule has 1 N–H and O–H groups in total. The summed E-state index contributed by atoms with van der Waals surface area (Å²) in [4.78, 5) is 7.43. The van der Waals surface area contributed by atoms with Gasteiger partial charge >= 0.3 is 0 Å². The number of rotatable bonds is 4. The molecule has 110 valence electrons. The first-order valence-corrected chi connectivity index (χ1v) is 8.81. The summed E-state index contributed by atoms with van der Waals surface area (Å²) in [7, 11) is 0. The standard InChI is InChI=1S/C15H29N3S/c1-4-15(3)8-11-19-14(17-15)16-12-13(2)18-9-6-5-7-10-18/h13H,4-12H2,1-3H3,(H,16,17). The van der Waals surface area contributed by atoms with Gasteiger partial charge in [0.2, 0.25) is 0 Å². The first-order chi connectivity index (χ1) is 9.13. The van der Waals surface area contributed by atoms with Gasteiger partial charge in [-0.3, -0.25) is 9.89 Å². The minimum atomic E-state index is 0.262. The van der Waals surface area contributed by atoms with Crippen LogP contribution < -0.4 is 5.32 Å². The second-order valence-corrected chi connectivity index (χ2v) is 7.31. The zero-order chi connectivity index (χ0) is 13.7. The fourth-order valence-electron chi connectivity index (χ4n) is 2.77. The molecule has 4 heteroatoms. The molecular weight excluding hydrogens is 254 g/mol. The van der Waals surface area contributed by atoms with Crippen LogP contribution >= 0.6 is 11.8 Å². The Morgan fingerprint density at radius 2 is 2.11 bits per heavy atom. The van der Waals surface area contributed by atoms with Crippen molar-refractivity contribution in [2.24, 2.45) is 4.99 Å². The van der Waals surface area contributed by atoms with E-state index in [4.69, 9.17) is 4.99 Å². The summed E-state index contributed by atoms with van der Waals surface area (Å²) in [6.07, 6.45) is 6.55. The predicted molar refractivity (Wildman–Crippen MR) is 86.1 cm³/mol. The first kappa shape index (κ1) is 15.2. The average Bonchev–Trinajstić information content (AvgIpc) is 2.46. The Morgan fingerprint density at radius 1 is 1.37 bits per heavy atom. The third kappa shape index (κ3) is 4.38. The molecule has 2 unspecified atom stereocenters. The Morgan fingerprint density at radius 3 is 2.79 bits per heavy atom.